The van der Waals surface area contributed by atoms with Gasteiger partial charge in [0.05, 0.1) is 16.4 Å². The highest BCUT2D eigenvalue weighted by atomic mass is 32.2. The molecule has 4 nitrogen and oxygen atoms in total. The Morgan fingerprint density at radius 2 is 2.05 bits per heavy atom. The summed E-state index contributed by atoms with van der Waals surface area (Å²) in [5, 5.41) is 11.7. The fraction of sp³-hybridized carbons (Fsp3) is 0.462. The zero-order valence-electron chi connectivity index (χ0n) is 11.2. The molecule has 0 aromatic heterocycles. The molecule has 0 aliphatic carbocycles. The number of benzene rings is 1. The molecule has 0 saturated heterocycles. The van der Waals surface area contributed by atoms with Gasteiger partial charge in [0.2, 0.25) is 0 Å². The summed E-state index contributed by atoms with van der Waals surface area (Å²) in [6, 6.07) is 6.02. The lowest BCUT2D eigenvalue weighted by Gasteiger charge is -2.22. The topological polar surface area (TPSA) is 70.0 Å². The molecule has 0 spiro atoms. The van der Waals surface area contributed by atoms with E-state index in [0.717, 1.165) is 0 Å². The normalized spacial score (nSPS) is 12.2. The van der Waals surface area contributed by atoms with Gasteiger partial charge in [-0.2, -0.15) is 5.26 Å². The van der Waals surface area contributed by atoms with Gasteiger partial charge in [-0.05, 0) is 32.0 Å². The molecule has 0 fully saturated rings. The van der Waals surface area contributed by atoms with Crippen LogP contribution in [0.5, 0.6) is 0 Å². The highest BCUT2D eigenvalue weighted by Crippen LogP contribution is 2.14. The first-order valence-corrected chi connectivity index (χ1v) is 7.65. The van der Waals surface area contributed by atoms with E-state index < -0.39 is 20.4 Å². The Morgan fingerprint density at radius 1 is 1.42 bits per heavy atom. The van der Waals surface area contributed by atoms with Crippen molar-refractivity contribution in [2.45, 2.75) is 25.1 Å². The first kappa shape index (κ1) is 15.6. The first-order valence-electron chi connectivity index (χ1n) is 5.76. The second kappa shape index (κ2) is 5.68. The Balaban J connectivity index is 2.72. The van der Waals surface area contributed by atoms with Gasteiger partial charge in [-0.3, -0.25) is 0 Å². The smallest absolute Gasteiger partial charge is 0.153 e. The minimum Gasteiger partial charge on any atom is -0.311 e. The zero-order valence-corrected chi connectivity index (χ0v) is 12.0. The Morgan fingerprint density at radius 3 is 2.58 bits per heavy atom. The van der Waals surface area contributed by atoms with Gasteiger partial charge in [0.25, 0.3) is 0 Å². The molecular weight excluding hydrogens is 267 g/mol. The predicted octanol–water partition coefficient (Wildman–Crippen LogP) is 1.61. The van der Waals surface area contributed by atoms with E-state index in [4.69, 9.17) is 5.26 Å². The lowest BCUT2D eigenvalue weighted by molar-refractivity contribution is 0.515. The lowest BCUT2D eigenvalue weighted by Crippen LogP contribution is -2.41. The summed E-state index contributed by atoms with van der Waals surface area (Å²) in [6.45, 7) is 3.61. The van der Waals surface area contributed by atoms with Gasteiger partial charge in [-0.25, -0.2) is 12.8 Å². The van der Waals surface area contributed by atoms with E-state index in [1.54, 1.807) is 13.8 Å². The quantitative estimate of drug-likeness (QED) is 0.892. The van der Waals surface area contributed by atoms with Crippen molar-refractivity contribution >= 4 is 9.84 Å². The van der Waals surface area contributed by atoms with Gasteiger partial charge in [0.15, 0.2) is 9.84 Å². The van der Waals surface area contributed by atoms with Crippen LogP contribution in [0.3, 0.4) is 0 Å². The molecular formula is C13H17FN2O2S. The summed E-state index contributed by atoms with van der Waals surface area (Å²) < 4.78 is 35.6. The summed E-state index contributed by atoms with van der Waals surface area (Å²) in [4.78, 5) is 0. The molecule has 0 aliphatic heterocycles. The van der Waals surface area contributed by atoms with Crippen LogP contribution in [0, 0.1) is 17.1 Å². The molecule has 6 heteroatoms. The Labute approximate surface area is 113 Å². The van der Waals surface area contributed by atoms with Gasteiger partial charge in [-0.15, -0.1) is 0 Å². The molecule has 0 atom stereocenters. The third kappa shape index (κ3) is 4.01. The largest absolute Gasteiger partial charge is 0.311 e. The molecule has 1 rings (SSSR count). The summed E-state index contributed by atoms with van der Waals surface area (Å²) in [6.07, 6.45) is 1.17. The van der Waals surface area contributed by atoms with Crippen LogP contribution in [0.15, 0.2) is 18.2 Å². The molecule has 0 amide bonds. The maximum absolute atomic E-state index is 13.5. The molecule has 0 aliphatic rings. The van der Waals surface area contributed by atoms with E-state index in [0.29, 0.717) is 11.1 Å². The monoisotopic (exact) mass is 284 g/mol. The lowest BCUT2D eigenvalue weighted by atomic mass is 10.1. The number of halogens is 1. The number of hydrogen-bond donors (Lipinski definition) is 1. The van der Waals surface area contributed by atoms with E-state index >= 15 is 0 Å². The highest BCUT2D eigenvalue weighted by molar-refractivity contribution is 7.92. The van der Waals surface area contributed by atoms with Crippen LogP contribution in [0.4, 0.5) is 4.39 Å². The molecule has 1 aromatic rings. The number of nitrogens with zero attached hydrogens (tertiary/aromatic N) is 1. The molecule has 0 bridgehead atoms. The van der Waals surface area contributed by atoms with Crippen molar-refractivity contribution in [2.75, 3.05) is 12.8 Å². The van der Waals surface area contributed by atoms with Crippen LogP contribution in [0.25, 0.3) is 0 Å². The number of rotatable bonds is 5. The molecule has 19 heavy (non-hydrogen) atoms. The highest BCUT2D eigenvalue weighted by Gasteiger charge is 2.29. The molecule has 104 valence electrons. The van der Waals surface area contributed by atoms with Crippen molar-refractivity contribution in [2.24, 2.45) is 0 Å². The van der Waals surface area contributed by atoms with E-state index in [2.05, 4.69) is 5.32 Å². The molecule has 0 radical (unpaired) electrons. The summed E-state index contributed by atoms with van der Waals surface area (Å²) >= 11 is 0. The Hall–Kier alpha value is -1.45. The molecule has 0 unspecified atom stereocenters. The molecule has 0 saturated carbocycles. The van der Waals surface area contributed by atoms with Crippen molar-refractivity contribution in [1.82, 2.24) is 5.32 Å². The van der Waals surface area contributed by atoms with E-state index in [-0.39, 0.29) is 13.1 Å². The van der Waals surface area contributed by atoms with Crippen molar-refractivity contribution < 1.29 is 12.8 Å². The number of hydrogen-bond acceptors (Lipinski definition) is 4. The average molecular weight is 284 g/mol. The van der Waals surface area contributed by atoms with Gasteiger partial charge in [0, 0.05) is 24.9 Å². The minimum atomic E-state index is -3.19. The maximum Gasteiger partial charge on any atom is 0.153 e. The van der Waals surface area contributed by atoms with Crippen LogP contribution in [0.1, 0.15) is 25.0 Å². The number of nitrogens with one attached hydrogen (secondary N) is 1. The second-order valence-electron chi connectivity index (χ2n) is 5.05. The predicted molar refractivity (Wildman–Crippen MR) is 71.7 cm³/mol. The summed E-state index contributed by atoms with van der Waals surface area (Å²) in [5.74, 6) is -0.413. The molecule has 1 aromatic carbocycles. The van der Waals surface area contributed by atoms with Gasteiger partial charge in [-0.1, -0.05) is 0 Å². The van der Waals surface area contributed by atoms with Crippen molar-refractivity contribution in [1.29, 1.82) is 5.26 Å². The fourth-order valence-electron chi connectivity index (χ4n) is 1.41. The summed E-state index contributed by atoms with van der Waals surface area (Å²) in [5.41, 5.74) is 0.726. The van der Waals surface area contributed by atoms with E-state index in [1.807, 2.05) is 6.07 Å². The number of sulfone groups is 1. The Bertz CT molecular complexity index is 604. The van der Waals surface area contributed by atoms with Crippen LogP contribution >= 0.6 is 0 Å². The van der Waals surface area contributed by atoms with Crippen molar-refractivity contribution in [3.8, 4) is 6.07 Å². The minimum absolute atomic E-state index is 0.181. The van der Waals surface area contributed by atoms with Crippen LogP contribution in [0.2, 0.25) is 0 Å². The number of nitriles is 1. The van der Waals surface area contributed by atoms with Gasteiger partial charge >= 0.3 is 0 Å². The average Bonchev–Trinajstić information content (AvgIpc) is 2.30. The third-order valence-corrected chi connectivity index (χ3v) is 5.20. The third-order valence-electron chi connectivity index (χ3n) is 3.04. The standard InChI is InChI=1S/C13H17FN2O2S/c1-13(2,19(3,17)18)9-16-8-11-6-10(7-15)4-5-12(11)14/h4-6,16H,8-9H2,1-3H3. The zero-order chi connectivity index (χ0) is 14.7. The SMILES string of the molecule is CC(C)(CNCc1cc(C#N)ccc1F)S(C)(=O)=O. The van der Waals surface area contributed by atoms with Crippen molar-refractivity contribution in [3.63, 3.8) is 0 Å². The Kier molecular flexibility index (Phi) is 4.66. The first-order chi connectivity index (χ1) is 8.67. The van der Waals surface area contributed by atoms with Crippen LogP contribution in [-0.2, 0) is 16.4 Å². The molecule has 1 N–H and O–H groups in total. The second-order valence-corrected chi connectivity index (χ2v) is 7.70. The van der Waals surface area contributed by atoms with E-state index in [9.17, 15) is 12.8 Å². The van der Waals surface area contributed by atoms with Gasteiger partial charge in [0.1, 0.15) is 5.82 Å². The van der Waals surface area contributed by atoms with Gasteiger partial charge < -0.3 is 5.32 Å². The summed E-state index contributed by atoms with van der Waals surface area (Å²) in [7, 11) is -3.19. The fourth-order valence-corrected chi connectivity index (χ4v) is 1.77. The van der Waals surface area contributed by atoms with Crippen molar-refractivity contribution in [3.05, 3.63) is 35.1 Å². The van der Waals surface area contributed by atoms with Crippen LogP contribution < -0.4 is 5.32 Å². The van der Waals surface area contributed by atoms with Crippen LogP contribution in [-0.4, -0.2) is 26.0 Å². The van der Waals surface area contributed by atoms with E-state index in [1.165, 1.54) is 24.5 Å². The maximum atomic E-state index is 13.5. The molecule has 0 heterocycles.